The van der Waals surface area contributed by atoms with Crippen LogP contribution in [0.3, 0.4) is 0 Å². The minimum atomic E-state index is -0.770. The summed E-state index contributed by atoms with van der Waals surface area (Å²) in [6, 6.07) is -0.657. The standard InChI is InChI=1S/C15H24N4O4/c1-9(20)18-10-4-6-15(7-5-10)8-19(14(15)23)11(13(17)22)2-3-12(16)21/h10-11H,2-8H2,1H3,(H2,16,21)(H2,17,22)(H,18,20). The van der Waals surface area contributed by atoms with E-state index in [2.05, 4.69) is 5.32 Å². The van der Waals surface area contributed by atoms with Gasteiger partial charge in [0.25, 0.3) is 0 Å². The Morgan fingerprint density at radius 3 is 2.35 bits per heavy atom. The van der Waals surface area contributed by atoms with Gasteiger partial charge < -0.3 is 21.7 Å². The number of carbonyl (C=O) groups is 4. The highest BCUT2D eigenvalue weighted by atomic mass is 16.2. The van der Waals surface area contributed by atoms with Crippen LogP contribution in [0.1, 0.15) is 45.4 Å². The summed E-state index contributed by atoms with van der Waals surface area (Å²) in [5.41, 5.74) is 10.0. The molecule has 1 spiro atoms. The molecule has 0 bridgehead atoms. The maximum atomic E-state index is 12.6. The first-order valence-electron chi connectivity index (χ1n) is 7.91. The minimum absolute atomic E-state index is 0.0228. The van der Waals surface area contributed by atoms with Gasteiger partial charge in [-0.25, -0.2) is 0 Å². The van der Waals surface area contributed by atoms with Crippen LogP contribution in [-0.4, -0.2) is 47.2 Å². The van der Waals surface area contributed by atoms with Gasteiger partial charge >= 0.3 is 0 Å². The smallest absolute Gasteiger partial charge is 0.240 e. The van der Waals surface area contributed by atoms with Gasteiger partial charge in [0.2, 0.25) is 23.6 Å². The Morgan fingerprint density at radius 1 is 1.30 bits per heavy atom. The fourth-order valence-corrected chi connectivity index (χ4v) is 3.64. The Kier molecular flexibility index (Phi) is 4.91. The zero-order valence-corrected chi connectivity index (χ0v) is 13.3. The molecule has 1 atom stereocenters. The lowest BCUT2D eigenvalue weighted by Gasteiger charge is -2.54. The average Bonchev–Trinajstić information content (AvgIpc) is 2.46. The number of nitrogens with two attached hydrogens (primary N) is 2. The zero-order valence-electron chi connectivity index (χ0n) is 13.3. The molecule has 8 nitrogen and oxygen atoms in total. The van der Waals surface area contributed by atoms with Crippen LogP contribution in [0.25, 0.3) is 0 Å². The fraction of sp³-hybridized carbons (Fsp3) is 0.733. The van der Waals surface area contributed by atoms with Crippen molar-refractivity contribution < 1.29 is 19.2 Å². The van der Waals surface area contributed by atoms with Crippen molar-refractivity contribution in [1.82, 2.24) is 10.2 Å². The maximum Gasteiger partial charge on any atom is 0.240 e. The van der Waals surface area contributed by atoms with Crippen molar-refractivity contribution in [1.29, 1.82) is 0 Å². The van der Waals surface area contributed by atoms with Gasteiger partial charge in [0.15, 0.2) is 0 Å². The highest BCUT2D eigenvalue weighted by Crippen LogP contribution is 2.46. The summed E-state index contributed by atoms with van der Waals surface area (Å²) in [4.78, 5) is 47.6. The molecule has 23 heavy (non-hydrogen) atoms. The molecule has 0 aromatic rings. The van der Waals surface area contributed by atoms with Crippen molar-refractivity contribution in [2.24, 2.45) is 16.9 Å². The Balaban J connectivity index is 1.93. The van der Waals surface area contributed by atoms with E-state index in [1.807, 2.05) is 0 Å². The lowest BCUT2D eigenvalue weighted by molar-refractivity contribution is -0.171. The number of amides is 4. The lowest BCUT2D eigenvalue weighted by atomic mass is 9.66. The Bertz CT molecular complexity index is 526. The molecule has 2 aliphatic rings. The molecule has 2 rings (SSSR count). The molecule has 1 unspecified atom stereocenters. The average molecular weight is 324 g/mol. The van der Waals surface area contributed by atoms with E-state index in [4.69, 9.17) is 11.5 Å². The second kappa shape index (κ2) is 6.55. The molecule has 5 N–H and O–H groups in total. The monoisotopic (exact) mass is 324 g/mol. The van der Waals surface area contributed by atoms with E-state index in [1.54, 1.807) is 0 Å². The molecule has 0 radical (unpaired) electrons. The molecule has 0 aromatic heterocycles. The molecule has 4 amide bonds. The first kappa shape index (κ1) is 17.2. The number of hydrogen-bond donors (Lipinski definition) is 3. The zero-order chi connectivity index (χ0) is 17.2. The van der Waals surface area contributed by atoms with Crippen LogP contribution in [-0.2, 0) is 19.2 Å². The van der Waals surface area contributed by atoms with Gasteiger partial charge in [0.1, 0.15) is 6.04 Å². The third-order valence-electron chi connectivity index (χ3n) is 4.91. The van der Waals surface area contributed by atoms with Crippen LogP contribution in [0.4, 0.5) is 0 Å². The van der Waals surface area contributed by atoms with Crippen LogP contribution in [0.15, 0.2) is 0 Å². The number of β-lactam (4-membered cyclic amide) rings is 1. The predicted octanol–water partition coefficient (Wildman–Crippen LogP) is -0.987. The molecule has 1 saturated carbocycles. The SMILES string of the molecule is CC(=O)NC1CCC2(CC1)CN(C(CCC(N)=O)C(N)=O)C2=O. The van der Waals surface area contributed by atoms with Crippen molar-refractivity contribution in [2.45, 2.75) is 57.5 Å². The molecule has 1 aliphatic heterocycles. The highest BCUT2D eigenvalue weighted by molar-refractivity contribution is 5.94. The van der Waals surface area contributed by atoms with Crippen LogP contribution >= 0.6 is 0 Å². The summed E-state index contributed by atoms with van der Waals surface area (Å²) >= 11 is 0. The van der Waals surface area contributed by atoms with Gasteiger partial charge in [-0.15, -0.1) is 0 Å². The van der Waals surface area contributed by atoms with Crippen molar-refractivity contribution in [3.63, 3.8) is 0 Å². The number of rotatable bonds is 6. The van der Waals surface area contributed by atoms with E-state index in [0.29, 0.717) is 19.4 Å². The summed E-state index contributed by atoms with van der Waals surface area (Å²) < 4.78 is 0. The second-order valence-corrected chi connectivity index (χ2v) is 6.61. The van der Waals surface area contributed by atoms with Crippen LogP contribution in [0.2, 0.25) is 0 Å². The number of hydrogen-bond acceptors (Lipinski definition) is 4. The van der Waals surface area contributed by atoms with Gasteiger partial charge in [-0.05, 0) is 32.1 Å². The molecule has 128 valence electrons. The van der Waals surface area contributed by atoms with E-state index >= 15 is 0 Å². The third-order valence-corrected chi connectivity index (χ3v) is 4.91. The summed E-state index contributed by atoms with van der Waals surface area (Å²) in [6.45, 7) is 1.96. The Labute approximate surface area is 134 Å². The molecular formula is C15H24N4O4. The molecular weight excluding hydrogens is 300 g/mol. The van der Waals surface area contributed by atoms with Crippen LogP contribution in [0, 0.1) is 5.41 Å². The quantitative estimate of drug-likeness (QED) is 0.541. The summed E-state index contributed by atoms with van der Waals surface area (Å²) in [7, 11) is 0. The number of primary amides is 2. The van der Waals surface area contributed by atoms with Crippen LogP contribution in [0.5, 0.6) is 0 Å². The van der Waals surface area contributed by atoms with E-state index in [-0.39, 0.29) is 30.7 Å². The summed E-state index contributed by atoms with van der Waals surface area (Å²) in [5.74, 6) is -1.27. The van der Waals surface area contributed by atoms with Crippen molar-refractivity contribution in [3.05, 3.63) is 0 Å². The van der Waals surface area contributed by atoms with Gasteiger partial charge in [0.05, 0.1) is 5.41 Å². The first-order valence-corrected chi connectivity index (χ1v) is 7.91. The Hall–Kier alpha value is -2.12. The van der Waals surface area contributed by atoms with Gasteiger partial charge in [-0.2, -0.15) is 0 Å². The van der Waals surface area contributed by atoms with E-state index in [9.17, 15) is 19.2 Å². The molecule has 1 aliphatic carbocycles. The molecule has 1 heterocycles. The first-order chi connectivity index (χ1) is 10.7. The van der Waals surface area contributed by atoms with E-state index in [0.717, 1.165) is 12.8 Å². The summed E-state index contributed by atoms with van der Waals surface area (Å²) in [5, 5.41) is 2.88. The van der Waals surface area contributed by atoms with E-state index < -0.39 is 23.3 Å². The van der Waals surface area contributed by atoms with Crippen LogP contribution < -0.4 is 16.8 Å². The third kappa shape index (κ3) is 3.62. The normalized spacial score (nSPS) is 28.1. The summed E-state index contributed by atoms with van der Waals surface area (Å²) in [6.07, 6.45) is 3.07. The van der Waals surface area contributed by atoms with Gasteiger partial charge in [0, 0.05) is 25.9 Å². The number of nitrogens with zero attached hydrogens (tertiary/aromatic N) is 1. The predicted molar refractivity (Wildman–Crippen MR) is 81.6 cm³/mol. The second-order valence-electron chi connectivity index (χ2n) is 6.61. The van der Waals surface area contributed by atoms with Crippen molar-refractivity contribution in [2.75, 3.05) is 6.54 Å². The number of nitrogens with one attached hydrogen (secondary N) is 1. The molecule has 0 aromatic carbocycles. The molecule has 1 saturated heterocycles. The number of carbonyl (C=O) groups excluding carboxylic acids is 4. The van der Waals surface area contributed by atoms with Crippen molar-refractivity contribution >= 4 is 23.6 Å². The number of likely N-dealkylation sites (tertiary alicyclic amines) is 1. The van der Waals surface area contributed by atoms with E-state index in [1.165, 1.54) is 11.8 Å². The largest absolute Gasteiger partial charge is 0.370 e. The van der Waals surface area contributed by atoms with Crippen molar-refractivity contribution in [3.8, 4) is 0 Å². The topological polar surface area (TPSA) is 136 Å². The molecule has 2 fully saturated rings. The highest BCUT2D eigenvalue weighted by Gasteiger charge is 2.55. The maximum absolute atomic E-state index is 12.6. The van der Waals surface area contributed by atoms with Gasteiger partial charge in [-0.3, -0.25) is 19.2 Å². The fourth-order valence-electron chi connectivity index (χ4n) is 3.64. The lowest BCUT2D eigenvalue weighted by Crippen LogP contribution is -2.68. The Morgan fingerprint density at radius 2 is 1.91 bits per heavy atom. The minimum Gasteiger partial charge on any atom is -0.370 e. The molecule has 8 heteroatoms. The van der Waals surface area contributed by atoms with Gasteiger partial charge in [-0.1, -0.05) is 0 Å².